The lowest BCUT2D eigenvalue weighted by Crippen LogP contribution is -2.25. The van der Waals surface area contributed by atoms with Crippen LogP contribution in [0.15, 0.2) is 6.20 Å². The minimum absolute atomic E-state index is 0.474. The van der Waals surface area contributed by atoms with Gasteiger partial charge < -0.3 is 10.8 Å². The molecule has 0 aliphatic heterocycles. The van der Waals surface area contributed by atoms with Crippen molar-refractivity contribution in [1.82, 2.24) is 9.78 Å². The maximum Gasteiger partial charge on any atom is 0.0913 e. The Balaban J connectivity index is 2.98. The molecule has 0 aromatic carbocycles. The van der Waals surface area contributed by atoms with Crippen LogP contribution >= 0.6 is 0 Å². The van der Waals surface area contributed by atoms with Gasteiger partial charge in [-0.25, -0.2) is 0 Å². The molecule has 0 spiro atoms. The number of aryl methyl sites for hydroxylation is 2. The number of hydrogen-bond donors (Lipinski definition) is 2. The Hall–Kier alpha value is -0.870. The van der Waals surface area contributed by atoms with Gasteiger partial charge >= 0.3 is 0 Å². The van der Waals surface area contributed by atoms with Crippen LogP contribution in [0.2, 0.25) is 0 Å². The molecule has 1 aromatic heterocycles. The Bertz CT molecular complexity index is 291. The van der Waals surface area contributed by atoms with Crippen molar-refractivity contribution in [3.05, 3.63) is 17.5 Å². The third-order valence-corrected chi connectivity index (χ3v) is 2.22. The van der Waals surface area contributed by atoms with Gasteiger partial charge in [0.15, 0.2) is 0 Å². The molecule has 1 aromatic rings. The summed E-state index contributed by atoms with van der Waals surface area (Å²) in [5, 5.41) is 14.2. The summed E-state index contributed by atoms with van der Waals surface area (Å²) in [5.74, 6) is 0. The van der Waals surface area contributed by atoms with Gasteiger partial charge in [-0.15, -0.1) is 0 Å². The van der Waals surface area contributed by atoms with Gasteiger partial charge in [-0.3, -0.25) is 4.68 Å². The zero-order valence-electron chi connectivity index (χ0n) is 8.41. The van der Waals surface area contributed by atoms with E-state index >= 15 is 0 Å². The zero-order valence-corrected chi connectivity index (χ0v) is 8.41. The van der Waals surface area contributed by atoms with E-state index in [1.165, 1.54) is 0 Å². The molecule has 13 heavy (non-hydrogen) atoms. The van der Waals surface area contributed by atoms with Crippen molar-refractivity contribution in [1.29, 1.82) is 0 Å². The monoisotopic (exact) mass is 183 g/mol. The average molecular weight is 183 g/mol. The van der Waals surface area contributed by atoms with Crippen LogP contribution in [0.3, 0.4) is 0 Å². The van der Waals surface area contributed by atoms with Crippen LogP contribution in [-0.2, 0) is 12.6 Å². The lowest BCUT2D eigenvalue weighted by atomic mass is 9.93. The summed E-state index contributed by atoms with van der Waals surface area (Å²) < 4.78 is 1.70. The quantitative estimate of drug-likeness (QED) is 0.707. The highest BCUT2D eigenvalue weighted by Crippen LogP contribution is 2.25. The van der Waals surface area contributed by atoms with Gasteiger partial charge in [-0.1, -0.05) is 0 Å². The molecule has 74 valence electrons. The highest BCUT2D eigenvalue weighted by molar-refractivity contribution is 5.22. The second kappa shape index (κ2) is 3.47. The van der Waals surface area contributed by atoms with Crippen molar-refractivity contribution in [3.8, 4) is 0 Å². The van der Waals surface area contributed by atoms with E-state index < -0.39 is 5.60 Å². The van der Waals surface area contributed by atoms with E-state index in [0.29, 0.717) is 13.0 Å². The van der Waals surface area contributed by atoms with Gasteiger partial charge in [-0.05, 0) is 26.8 Å². The first-order valence-electron chi connectivity index (χ1n) is 4.40. The molecule has 0 radical (unpaired) electrons. The van der Waals surface area contributed by atoms with E-state index in [4.69, 9.17) is 5.73 Å². The van der Waals surface area contributed by atoms with Crippen LogP contribution in [0.5, 0.6) is 0 Å². The minimum Gasteiger partial charge on any atom is -0.385 e. The fourth-order valence-corrected chi connectivity index (χ4v) is 1.54. The highest BCUT2D eigenvalue weighted by atomic mass is 16.3. The molecule has 1 atom stereocenters. The molecule has 0 bridgehead atoms. The van der Waals surface area contributed by atoms with Gasteiger partial charge in [-0.2, -0.15) is 5.10 Å². The van der Waals surface area contributed by atoms with Gasteiger partial charge in [0, 0.05) is 18.8 Å². The van der Waals surface area contributed by atoms with E-state index in [1.807, 2.05) is 20.2 Å². The molecule has 4 nitrogen and oxygen atoms in total. The molecule has 3 N–H and O–H groups in total. The van der Waals surface area contributed by atoms with Crippen molar-refractivity contribution in [2.45, 2.75) is 25.9 Å². The summed E-state index contributed by atoms with van der Waals surface area (Å²) in [5.41, 5.74) is 6.29. The Kier molecular flexibility index (Phi) is 2.73. The van der Waals surface area contributed by atoms with E-state index in [-0.39, 0.29) is 0 Å². The fourth-order valence-electron chi connectivity index (χ4n) is 1.54. The van der Waals surface area contributed by atoms with Crippen molar-refractivity contribution in [2.75, 3.05) is 6.54 Å². The van der Waals surface area contributed by atoms with Crippen molar-refractivity contribution >= 4 is 0 Å². The Morgan fingerprint density at radius 2 is 2.31 bits per heavy atom. The van der Waals surface area contributed by atoms with E-state index in [9.17, 15) is 5.11 Å². The summed E-state index contributed by atoms with van der Waals surface area (Å²) in [7, 11) is 1.84. The number of hydrogen-bond acceptors (Lipinski definition) is 3. The molecule has 1 heterocycles. The molecule has 0 aliphatic rings. The molecule has 0 saturated heterocycles. The molecule has 0 amide bonds. The van der Waals surface area contributed by atoms with Gasteiger partial charge in [0.1, 0.15) is 0 Å². The molecular weight excluding hydrogens is 166 g/mol. The third kappa shape index (κ3) is 2.08. The number of nitrogens with two attached hydrogens (primary N) is 1. The van der Waals surface area contributed by atoms with E-state index in [2.05, 4.69) is 5.10 Å². The molecule has 1 rings (SSSR count). The SMILES string of the molecule is Cc1nn(C)cc1C(C)(O)CCN. The predicted octanol–water partition coefficient (Wildman–Crippen LogP) is 0.285. The molecule has 4 heteroatoms. The summed E-state index contributed by atoms with van der Waals surface area (Å²) in [6, 6.07) is 0. The number of rotatable bonds is 3. The normalized spacial score (nSPS) is 15.8. The Morgan fingerprint density at radius 3 is 2.69 bits per heavy atom. The Morgan fingerprint density at radius 1 is 1.69 bits per heavy atom. The predicted molar refractivity (Wildman–Crippen MR) is 51.2 cm³/mol. The van der Waals surface area contributed by atoms with Crippen molar-refractivity contribution in [3.63, 3.8) is 0 Å². The van der Waals surface area contributed by atoms with Crippen LogP contribution in [0, 0.1) is 6.92 Å². The molecule has 0 fully saturated rings. The summed E-state index contributed by atoms with van der Waals surface area (Å²) >= 11 is 0. The van der Waals surface area contributed by atoms with Crippen LogP contribution in [0.25, 0.3) is 0 Å². The minimum atomic E-state index is -0.854. The molecule has 1 unspecified atom stereocenters. The van der Waals surface area contributed by atoms with Crippen LogP contribution in [-0.4, -0.2) is 21.4 Å². The van der Waals surface area contributed by atoms with E-state index in [0.717, 1.165) is 11.3 Å². The first kappa shape index (κ1) is 10.2. The highest BCUT2D eigenvalue weighted by Gasteiger charge is 2.25. The second-order valence-electron chi connectivity index (χ2n) is 3.61. The van der Waals surface area contributed by atoms with Crippen molar-refractivity contribution < 1.29 is 5.11 Å². The third-order valence-electron chi connectivity index (χ3n) is 2.22. The summed E-state index contributed by atoms with van der Waals surface area (Å²) in [6.45, 7) is 4.13. The maximum atomic E-state index is 10.0. The summed E-state index contributed by atoms with van der Waals surface area (Å²) in [4.78, 5) is 0. The smallest absolute Gasteiger partial charge is 0.0913 e. The Labute approximate surface area is 78.4 Å². The largest absolute Gasteiger partial charge is 0.385 e. The molecular formula is C9H17N3O. The second-order valence-corrected chi connectivity index (χ2v) is 3.61. The summed E-state index contributed by atoms with van der Waals surface area (Å²) in [6.07, 6.45) is 2.39. The first-order chi connectivity index (χ1) is 5.97. The first-order valence-corrected chi connectivity index (χ1v) is 4.40. The van der Waals surface area contributed by atoms with E-state index in [1.54, 1.807) is 11.6 Å². The van der Waals surface area contributed by atoms with Gasteiger partial charge in [0.25, 0.3) is 0 Å². The van der Waals surface area contributed by atoms with Gasteiger partial charge in [0.2, 0.25) is 0 Å². The number of aliphatic hydroxyl groups is 1. The fraction of sp³-hybridized carbons (Fsp3) is 0.667. The maximum absolute atomic E-state index is 10.0. The standard InChI is InChI=1S/C9H17N3O/c1-7-8(6-12(3)11-7)9(2,13)4-5-10/h6,13H,4-5,10H2,1-3H3. The average Bonchev–Trinajstić information content (AvgIpc) is 2.30. The molecule has 0 saturated carbocycles. The van der Waals surface area contributed by atoms with Crippen LogP contribution in [0.1, 0.15) is 24.6 Å². The van der Waals surface area contributed by atoms with Gasteiger partial charge in [0.05, 0.1) is 11.3 Å². The van der Waals surface area contributed by atoms with Crippen LogP contribution in [0.4, 0.5) is 0 Å². The van der Waals surface area contributed by atoms with Crippen LogP contribution < -0.4 is 5.73 Å². The number of nitrogens with zero attached hydrogens (tertiary/aromatic N) is 2. The lowest BCUT2D eigenvalue weighted by Gasteiger charge is -2.21. The number of aromatic nitrogens is 2. The zero-order chi connectivity index (χ0) is 10.1. The van der Waals surface area contributed by atoms with Crippen molar-refractivity contribution in [2.24, 2.45) is 12.8 Å². The lowest BCUT2D eigenvalue weighted by molar-refractivity contribution is 0.0497. The molecule has 0 aliphatic carbocycles. The topological polar surface area (TPSA) is 64.1 Å².